The molecular weight excluding hydrogens is 230 g/mol. The second kappa shape index (κ2) is 4.61. The number of alkyl halides is 1. The van der Waals surface area contributed by atoms with E-state index in [0.717, 1.165) is 0 Å². The molecule has 0 saturated heterocycles. The molecule has 0 radical (unpaired) electrons. The molecule has 6 nitrogen and oxygen atoms in total. The molecule has 0 aliphatic carbocycles. The number of nitrogens with zero attached hydrogens (tertiary/aromatic N) is 2. The van der Waals surface area contributed by atoms with Crippen LogP contribution in [0, 0.1) is 6.92 Å². The van der Waals surface area contributed by atoms with Crippen LogP contribution in [-0.2, 0) is 10.0 Å². The van der Waals surface area contributed by atoms with Gasteiger partial charge in [0.2, 0.25) is 15.9 Å². The monoisotopic (exact) mass is 239 g/mol. The zero-order valence-electron chi connectivity index (χ0n) is 7.53. The van der Waals surface area contributed by atoms with Crippen LogP contribution in [-0.4, -0.2) is 30.2 Å². The molecule has 0 bridgehead atoms. The molecule has 1 aromatic heterocycles. The molecule has 1 aromatic rings. The molecule has 0 saturated carbocycles. The average molecular weight is 240 g/mol. The van der Waals surface area contributed by atoms with E-state index in [1.807, 2.05) is 0 Å². The summed E-state index contributed by atoms with van der Waals surface area (Å²) in [5, 5.41) is 6.98. The highest BCUT2D eigenvalue weighted by Gasteiger charge is 2.13. The highest BCUT2D eigenvalue weighted by Crippen LogP contribution is 2.07. The van der Waals surface area contributed by atoms with Gasteiger partial charge >= 0.3 is 6.01 Å². The maximum atomic E-state index is 11.3. The summed E-state index contributed by atoms with van der Waals surface area (Å²) >= 11 is 5.37. The van der Waals surface area contributed by atoms with Gasteiger partial charge in [0.15, 0.2) is 0 Å². The van der Waals surface area contributed by atoms with Crippen molar-refractivity contribution in [2.75, 3.05) is 16.4 Å². The quantitative estimate of drug-likeness (QED) is 0.767. The number of sulfonamides is 1. The van der Waals surface area contributed by atoms with Gasteiger partial charge < -0.3 is 4.42 Å². The van der Waals surface area contributed by atoms with Crippen molar-refractivity contribution in [3.8, 4) is 0 Å². The maximum Gasteiger partial charge on any atom is 0.329 e. The maximum absolute atomic E-state index is 11.3. The van der Waals surface area contributed by atoms with Crippen LogP contribution in [0.15, 0.2) is 4.42 Å². The Morgan fingerprint density at radius 3 is 2.71 bits per heavy atom. The summed E-state index contributed by atoms with van der Waals surface area (Å²) < 4.78 is 29.5. The average Bonchev–Trinajstić information content (AvgIpc) is 2.47. The zero-order valence-corrected chi connectivity index (χ0v) is 9.10. The van der Waals surface area contributed by atoms with Gasteiger partial charge in [0.05, 0.1) is 5.75 Å². The molecule has 0 atom stereocenters. The van der Waals surface area contributed by atoms with Crippen LogP contribution in [0.3, 0.4) is 0 Å². The van der Waals surface area contributed by atoms with Gasteiger partial charge in [-0.3, -0.25) is 0 Å². The van der Waals surface area contributed by atoms with Crippen molar-refractivity contribution in [3.63, 3.8) is 0 Å². The van der Waals surface area contributed by atoms with Gasteiger partial charge in [0.25, 0.3) is 0 Å². The first-order valence-electron chi connectivity index (χ1n) is 3.90. The number of nitrogens with one attached hydrogen (secondary N) is 1. The molecular formula is C6H10ClN3O3S. The molecule has 0 amide bonds. The zero-order chi connectivity index (χ0) is 10.6. The lowest BCUT2D eigenvalue weighted by atomic mass is 10.6. The number of hydrogen-bond donors (Lipinski definition) is 1. The minimum absolute atomic E-state index is 0.0576. The molecule has 14 heavy (non-hydrogen) atoms. The van der Waals surface area contributed by atoms with Crippen LogP contribution in [0.2, 0.25) is 0 Å². The summed E-state index contributed by atoms with van der Waals surface area (Å²) in [6, 6.07) is -0.114. The van der Waals surface area contributed by atoms with E-state index in [1.165, 1.54) is 0 Å². The molecule has 0 fully saturated rings. The third-order valence-electron chi connectivity index (χ3n) is 1.32. The molecule has 0 aliphatic rings. The summed E-state index contributed by atoms with van der Waals surface area (Å²) in [5.74, 6) is 0.543. The summed E-state index contributed by atoms with van der Waals surface area (Å²) in [4.78, 5) is 0. The van der Waals surface area contributed by atoms with Crippen LogP contribution in [0.25, 0.3) is 0 Å². The molecule has 0 unspecified atom stereocenters. The van der Waals surface area contributed by atoms with Gasteiger partial charge in [0, 0.05) is 12.8 Å². The third-order valence-corrected chi connectivity index (χ3v) is 2.89. The predicted molar refractivity (Wildman–Crippen MR) is 51.8 cm³/mol. The topological polar surface area (TPSA) is 85.1 Å². The molecule has 1 rings (SSSR count). The van der Waals surface area contributed by atoms with E-state index < -0.39 is 10.0 Å². The van der Waals surface area contributed by atoms with Crippen molar-refractivity contribution >= 4 is 27.6 Å². The van der Waals surface area contributed by atoms with Gasteiger partial charge in [-0.25, -0.2) is 13.1 Å². The lowest BCUT2D eigenvalue weighted by Gasteiger charge is -2.01. The number of anilines is 1. The Morgan fingerprint density at radius 1 is 1.50 bits per heavy atom. The van der Waals surface area contributed by atoms with Crippen LogP contribution < -0.4 is 4.72 Å². The lowest BCUT2D eigenvalue weighted by Crippen LogP contribution is -2.17. The minimum Gasteiger partial charge on any atom is -0.408 e. The number of hydrogen-bond acceptors (Lipinski definition) is 5. The van der Waals surface area contributed by atoms with E-state index in [4.69, 9.17) is 16.0 Å². The first-order valence-corrected chi connectivity index (χ1v) is 6.09. The molecule has 80 valence electrons. The molecule has 8 heteroatoms. The highest BCUT2D eigenvalue weighted by molar-refractivity contribution is 7.92. The first kappa shape index (κ1) is 11.3. The van der Waals surface area contributed by atoms with Crippen molar-refractivity contribution in [2.24, 2.45) is 0 Å². The number of aromatic nitrogens is 2. The first-order chi connectivity index (χ1) is 6.53. The fourth-order valence-electron chi connectivity index (χ4n) is 0.766. The van der Waals surface area contributed by atoms with Crippen LogP contribution in [0.1, 0.15) is 12.3 Å². The number of aryl methyl sites for hydroxylation is 1. The number of rotatable bonds is 5. The van der Waals surface area contributed by atoms with Crippen LogP contribution in [0.4, 0.5) is 6.01 Å². The Balaban J connectivity index is 2.59. The van der Waals surface area contributed by atoms with Crippen molar-refractivity contribution in [2.45, 2.75) is 13.3 Å². The Hall–Kier alpha value is -0.820. The van der Waals surface area contributed by atoms with Crippen molar-refractivity contribution in [3.05, 3.63) is 5.89 Å². The van der Waals surface area contributed by atoms with E-state index in [9.17, 15) is 8.42 Å². The lowest BCUT2D eigenvalue weighted by molar-refractivity contribution is 0.534. The van der Waals surface area contributed by atoms with E-state index in [0.29, 0.717) is 18.2 Å². The van der Waals surface area contributed by atoms with Gasteiger partial charge in [-0.1, -0.05) is 5.10 Å². The van der Waals surface area contributed by atoms with Crippen molar-refractivity contribution < 1.29 is 12.8 Å². The minimum atomic E-state index is -3.41. The van der Waals surface area contributed by atoms with E-state index in [-0.39, 0.29) is 11.8 Å². The van der Waals surface area contributed by atoms with Crippen LogP contribution in [0.5, 0.6) is 0 Å². The SMILES string of the molecule is Cc1nnc(NS(=O)(=O)CCCCl)o1. The molecule has 0 aromatic carbocycles. The largest absolute Gasteiger partial charge is 0.408 e. The molecule has 0 spiro atoms. The van der Waals surface area contributed by atoms with Gasteiger partial charge in [-0.2, -0.15) is 0 Å². The Kier molecular flexibility index (Phi) is 3.70. The molecule has 1 N–H and O–H groups in total. The van der Waals surface area contributed by atoms with Crippen molar-refractivity contribution in [1.82, 2.24) is 10.2 Å². The predicted octanol–water partition coefficient (Wildman–Crippen LogP) is 0.749. The summed E-state index contributed by atoms with van der Waals surface area (Å²) in [5.41, 5.74) is 0. The summed E-state index contributed by atoms with van der Waals surface area (Å²) in [7, 11) is -3.41. The Bertz CT molecular complexity index is 389. The third kappa shape index (κ3) is 3.51. The van der Waals surface area contributed by atoms with Gasteiger partial charge in [0.1, 0.15) is 0 Å². The Labute approximate surface area is 86.7 Å². The van der Waals surface area contributed by atoms with Gasteiger partial charge in [-0.05, 0) is 6.42 Å². The summed E-state index contributed by atoms with van der Waals surface area (Å²) in [6.45, 7) is 1.57. The number of halogens is 1. The van der Waals surface area contributed by atoms with E-state index in [2.05, 4.69) is 14.9 Å². The second-order valence-electron chi connectivity index (χ2n) is 2.59. The smallest absolute Gasteiger partial charge is 0.329 e. The van der Waals surface area contributed by atoms with E-state index in [1.54, 1.807) is 6.92 Å². The van der Waals surface area contributed by atoms with Crippen LogP contribution >= 0.6 is 11.6 Å². The highest BCUT2D eigenvalue weighted by atomic mass is 35.5. The molecule has 1 heterocycles. The fraction of sp³-hybridized carbons (Fsp3) is 0.667. The normalized spacial score (nSPS) is 11.6. The van der Waals surface area contributed by atoms with Gasteiger partial charge in [-0.15, -0.1) is 16.7 Å². The van der Waals surface area contributed by atoms with Crippen molar-refractivity contribution in [1.29, 1.82) is 0 Å². The second-order valence-corrected chi connectivity index (χ2v) is 4.81. The molecule has 0 aliphatic heterocycles. The summed E-state index contributed by atoms with van der Waals surface area (Å²) in [6.07, 6.45) is 0.379. The standard InChI is InChI=1S/C6H10ClN3O3S/c1-5-8-9-6(13-5)10-14(11,12)4-2-3-7/h2-4H2,1H3,(H,9,10). The Morgan fingerprint density at radius 2 is 2.21 bits per heavy atom. The van der Waals surface area contributed by atoms with E-state index >= 15 is 0 Å². The fourth-order valence-corrected chi connectivity index (χ4v) is 2.03.